The van der Waals surface area contributed by atoms with Crippen molar-refractivity contribution in [3.8, 4) is 29.4 Å². The number of aromatic nitrogens is 1. The van der Waals surface area contributed by atoms with Gasteiger partial charge in [-0.15, -0.1) is 0 Å². The highest BCUT2D eigenvalue weighted by Crippen LogP contribution is 2.55. The lowest BCUT2D eigenvalue weighted by molar-refractivity contribution is -0.159. The second kappa shape index (κ2) is 8.82. The molecule has 3 heterocycles. The van der Waals surface area contributed by atoms with E-state index in [-0.39, 0.29) is 23.2 Å². The second-order valence-electron chi connectivity index (χ2n) is 12.0. The first-order valence-corrected chi connectivity index (χ1v) is 15.9. The van der Waals surface area contributed by atoms with Gasteiger partial charge in [-0.1, -0.05) is 56.1 Å². The number of hydrogen-bond donors (Lipinski definition) is 1. The Kier molecular flexibility index (Phi) is 6.37. The summed E-state index contributed by atoms with van der Waals surface area (Å²) in [5, 5.41) is 11.7. The Balaban J connectivity index is 1.54. The average molecular weight is 544 g/mol. The van der Waals surface area contributed by atoms with E-state index in [1.807, 2.05) is 19.9 Å². The van der Waals surface area contributed by atoms with Crippen LogP contribution in [0.2, 0.25) is 23.3 Å². The van der Waals surface area contributed by atoms with Crippen LogP contribution in [0.5, 0.6) is 5.75 Å². The van der Waals surface area contributed by atoms with Crippen molar-refractivity contribution in [3.63, 3.8) is 0 Å². The minimum absolute atomic E-state index is 0.0456. The third kappa shape index (κ3) is 4.75. The van der Waals surface area contributed by atoms with Crippen molar-refractivity contribution in [1.29, 1.82) is 0 Å². The molecular weight excluding hydrogens is 510 g/mol. The van der Waals surface area contributed by atoms with Crippen LogP contribution < -0.4 is 4.74 Å². The summed E-state index contributed by atoms with van der Waals surface area (Å²) in [5.41, 5.74) is -1.70. The van der Waals surface area contributed by atoms with Crippen LogP contribution in [0.1, 0.15) is 41.0 Å². The Hall–Kier alpha value is -1.88. The lowest BCUT2D eigenvalue weighted by Crippen LogP contribution is -2.52. The highest BCUT2D eigenvalue weighted by atomic mass is 35.5. The van der Waals surface area contributed by atoms with E-state index in [9.17, 15) is 5.11 Å². The highest BCUT2D eigenvalue weighted by molar-refractivity contribution is 6.74. The number of pyridine rings is 1. The van der Waals surface area contributed by atoms with Gasteiger partial charge in [0, 0.05) is 11.8 Å². The van der Waals surface area contributed by atoms with Gasteiger partial charge in [0.05, 0.1) is 13.0 Å². The summed E-state index contributed by atoms with van der Waals surface area (Å²) in [4.78, 5) is 4.14. The van der Waals surface area contributed by atoms with Crippen molar-refractivity contribution in [2.24, 2.45) is 0 Å². The fourth-order valence-corrected chi connectivity index (χ4v) is 6.06. The SMILES string of the molecule is CC1(C)OC[C@H]([C@]2(O)C#CC3=C[C@H](Oc4cccnc4Cl)[C@@H](O[Si](C)(C)C(C)(C)C)[C@@]34O[C@H]4C#CC2)O1. The smallest absolute Gasteiger partial charge is 0.192 e. The lowest BCUT2D eigenvalue weighted by Gasteiger charge is -2.40. The fraction of sp³-hybridized carbons (Fsp3) is 0.607. The van der Waals surface area contributed by atoms with Crippen molar-refractivity contribution >= 4 is 19.9 Å². The van der Waals surface area contributed by atoms with Crippen LogP contribution in [0.4, 0.5) is 0 Å². The number of ether oxygens (including phenoxy) is 4. The van der Waals surface area contributed by atoms with E-state index >= 15 is 0 Å². The number of rotatable bonds is 5. The molecular formula is C28H34ClNO6Si. The maximum atomic E-state index is 11.5. The molecule has 0 bridgehead atoms. The molecule has 1 aromatic rings. The van der Waals surface area contributed by atoms with Gasteiger partial charge < -0.3 is 28.5 Å². The standard InChI is InChI=1S/C28H34ClNO6Si/c1-25(2,3)37(6,7)36-23-20(33-19-10-9-15-30-24(19)29)16-18-12-14-27(31,22-17-32-26(4,5)34-22)13-8-11-21-28(18,23)35-21/h9-10,15-16,20-23,31H,13,17H2,1-7H3/t20-,21-,22+,23+,27+,28+/m0/s1. The zero-order chi connectivity index (χ0) is 26.9. The van der Waals surface area contributed by atoms with E-state index in [4.69, 9.17) is 35.0 Å². The van der Waals surface area contributed by atoms with E-state index in [0.29, 0.717) is 11.3 Å². The van der Waals surface area contributed by atoms with E-state index < -0.39 is 49.7 Å². The van der Waals surface area contributed by atoms with Crippen LogP contribution in [-0.2, 0) is 18.6 Å². The van der Waals surface area contributed by atoms with Crippen molar-refractivity contribution < 1.29 is 28.5 Å². The van der Waals surface area contributed by atoms with Gasteiger partial charge in [0.2, 0.25) is 0 Å². The molecule has 1 N–H and O–H groups in total. The molecule has 5 rings (SSSR count). The lowest BCUT2D eigenvalue weighted by atomic mass is 9.92. The summed E-state index contributed by atoms with van der Waals surface area (Å²) >= 11 is 6.33. The fourth-order valence-electron chi connectivity index (χ4n) is 4.60. The molecule has 4 aliphatic rings. The summed E-state index contributed by atoms with van der Waals surface area (Å²) in [7, 11) is -2.27. The van der Waals surface area contributed by atoms with Gasteiger partial charge in [0.15, 0.2) is 42.3 Å². The van der Waals surface area contributed by atoms with E-state index in [0.717, 1.165) is 0 Å². The summed E-state index contributed by atoms with van der Waals surface area (Å²) in [6.07, 6.45) is 1.55. The van der Waals surface area contributed by atoms with Crippen molar-refractivity contribution in [2.45, 2.75) is 101 Å². The van der Waals surface area contributed by atoms with Crippen LogP contribution in [0.25, 0.3) is 0 Å². The monoisotopic (exact) mass is 543 g/mol. The Bertz CT molecular complexity index is 1250. The van der Waals surface area contributed by atoms with Crippen LogP contribution in [-0.4, -0.2) is 66.4 Å². The zero-order valence-corrected chi connectivity index (χ0v) is 24.1. The van der Waals surface area contributed by atoms with Crippen molar-refractivity contribution in [1.82, 2.24) is 4.98 Å². The Labute approximate surface area is 224 Å². The van der Waals surface area contributed by atoms with Gasteiger partial charge in [-0.2, -0.15) is 0 Å². The number of epoxide rings is 1. The van der Waals surface area contributed by atoms with Gasteiger partial charge in [0.25, 0.3) is 0 Å². The molecule has 0 radical (unpaired) electrons. The minimum Gasteiger partial charge on any atom is -0.480 e. The largest absolute Gasteiger partial charge is 0.480 e. The number of hydrogen-bond acceptors (Lipinski definition) is 7. The molecule has 1 spiro atoms. The first kappa shape index (κ1) is 26.7. The molecule has 0 saturated carbocycles. The van der Waals surface area contributed by atoms with Crippen LogP contribution in [0.15, 0.2) is 30.0 Å². The molecule has 6 atom stereocenters. The summed E-state index contributed by atoms with van der Waals surface area (Å²) < 4.78 is 31.3. The summed E-state index contributed by atoms with van der Waals surface area (Å²) in [6.45, 7) is 14.8. The summed E-state index contributed by atoms with van der Waals surface area (Å²) in [5.74, 6) is 12.2. The first-order valence-electron chi connectivity index (χ1n) is 12.6. The third-order valence-corrected chi connectivity index (χ3v) is 12.6. The van der Waals surface area contributed by atoms with E-state index in [1.165, 1.54) is 0 Å². The molecule has 37 heavy (non-hydrogen) atoms. The highest BCUT2D eigenvalue weighted by Gasteiger charge is 2.70. The first-order chi connectivity index (χ1) is 17.2. The molecule has 0 aromatic carbocycles. The van der Waals surface area contributed by atoms with Crippen molar-refractivity contribution in [3.05, 3.63) is 35.1 Å². The second-order valence-corrected chi connectivity index (χ2v) is 17.1. The van der Waals surface area contributed by atoms with Gasteiger partial charge in [-0.05, 0) is 50.2 Å². The molecule has 0 unspecified atom stereocenters. The van der Waals surface area contributed by atoms with E-state index in [2.05, 4.69) is 62.5 Å². The van der Waals surface area contributed by atoms with Crippen LogP contribution in [0.3, 0.4) is 0 Å². The average Bonchev–Trinajstić information content (AvgIpc) is 3.26. The van der Waals surface area contributed by atoms with Crippen LogP contribution in [0, 0.1) is 23.7 Å². The topological polar surface area (TPSA) is 82.6 Å². The molecule has 2 aliphatic carbocycles. The minimum atomic E-state index is -2.27. The van der Waals surface area contributed by atoms with Gasteiger partial charge >= 0.3 is 0 Å². The molecule has 9 heteroatoms. The van der Waals surface area contributed by atoms with Crippen LogP contribution >= 0.6 is 11.6 Å². The third-order valence-electron chi connectivity index (χ3n) is 7.88. The molecule has 0 amide bonds. The maximum absolute atomic E-state index is 11.5. The predicted octanol–water partition coefficient (Wildman–Crippen LogP) is 4.24. The Morgan fingerprint density at radius 3 is 2.65 bits per heavy atom. The molecule has 198 valence electrons. The normalized spacial score (nSPS) is 35.9. The molecule has 2 aliphatic heterocycles. The van der Waals surface area contributed by atoms with Crippen molar-refractivity contribution in [2.75, 3.05) is 6.61 Å². The molecule has 2 saturated heterocycles. The Morgan fingerprint density at radius 1 is 1.24 bits per heavy atom. The molecule has 2 fully saturated rings. The van der Waals surface area contributed by atoms with E-state index in [1.54, 1.807) is 18.3 Å². The van der Waals surface area contributed by atoms with Gasteiger partial charge in [0.1, 0.15) is 18.3 Å². The van der Waals surface area contributed by atoms with Gasteiger partial charge in [-0.3, -0.25) is 0 Å². The maximum Gasteiger partial charge on any atom is 0.192 e. The molecule has 7 nitrogen and oxygen atoms in total. The predicted molar refractivity (Wildman–Crippen MR) is 141 cm³/mol. The number of halogens is 1. The van der Waals surface area contributed by atoms with Gasteiger partial charge in [-0.25, -0.2) is 4.98 Å². The summed E-state index contributed by atoms with van der Waals surface area (Å²) in [6, 6.07) is 3.54. The Morgan fingerprint density at radius 2 is 2.00 bits per heavy atom. The zero-order valence-electron chi connectivity index (χ0n) is 22.3. The number of aliphatic hydroxyl groups is 1. The molecule has 1 aromatic heterocycles. The quantitative estimate of drug-likeness (QED) is 0.257. The number of nitrogens with zero attached hydrogens (tertiary/aromatic N) is 1.